The van der Waals surface area contributed by atoms with Gasteiger partial charge in [-0.25, -0.2) is 10.4 Å². The number of aromatic nitrogens is 2. The van der Waals surface area contributed by atoms with Gasteiger partial charge >= 0.3 is 0 Å². The van der Waals surface area contributed by atoms with Gasteiger partial charge in [0, 0.05) is 11.8 Å². The molecular formula is C19H24N4O. The molecule has 5 heteroatoms. The number of H-pyrrole nitrogens is 1. The zero-order valence-electron chi connectivity index (χ0n) is 14.2. The molecule has 0 aliphatic heterocycles. The van der Waals surface area contributed by atoms with Crippen LogP contribution >= 0.6 is 0 Å². The number of aromatic amines is 1. The van der Waals surface area contributed by atoms with E-state index in [2.05, 4.69) is 45.6 Å². The molecule has 126 valence electrons. The summed E-state index contributed by atoms with van der Waals surface area (Å²) in [6.07, 6.45) is 8.40. The van der Waals surface area contributed by atoms with Crippen molar-refractivity contribution in [1.29, 1.82) is 0 Å². The Kier molecular flexibility index (Phi) is 6.95. The Morgan fingerprint density at radius 3 is 2.79 bits per heavy atom. The van der Waals surface area contributed by atoms with Crippen LogP contribution in [-0.4, -0.2) is 16.2 Å². The Balaban J connectivity index is 2.09. The van der Waals surface area contributed by atoms with Crippen molar-refractivity contribution in [3.8, 4) is 0 Å². The van der Waals surface area contributed by atoms with Crippen molar-refractivity contribution in [2.24, 2.45) is 5.10 Å². The number of rotatable bonds is 8. The molecule has 0 unspecified atom stereocenters. The van der Waals surface area contributed by atoms with Crippen molar-refractivity contribution < 1.29 is 0 Å². The average Bonchev–Trinajstić information content (AvgIpc) is 2.55. The fourth-order valence-electron chi connectivity index (χ4n) is 2.32. The van der Waals surface area contributed by atoms with Crippen LogP contribution in [0.5, 0.6) is 0 Å². The summed E-state index contributed by atoms with van der Waals surface area (Å²) in [6, 6.07) is 11.6. The van der Waals surface area contributed by atoms with E-state index in [0.29, 0.717) is 11.6 Å². The molecule has 2 N–H and O–H groups in total. The van der Waals surface area contributed by atoms with Crippen molar-refractivity contribution in [1.82, 2.24) is 9.97 Å². The van der Waals surface area contributed by atoms with Gasteiger partial charge < -0.3 is 0 Å². The third kappa shape index (κ3) is 6.20. The van der Waals surface area contributed by atoms with Crippen LogP contribution in [0, 0.1) is 6.92 Å². The van der Waals surface area contributed by atoms with Gasteiger partial charge in [0.2, 0.25) is 5.95 Å². The van der Waals surface area contributed by atoms with Gasteiger partial charge in [0.15, 0.2) is 0 Å². The molecule has 0 saturated carbocycles. The quantitative estimate of drug-likeness (QED) is 0.435. The highest BCUT2D eigenvalue weighted by molar-refractivity contribution is 5.85. The van der Waals surface area contributed by atoms with E-state index in [1.54, 1.807) is 13.1 Å². The Hall–Kier alpha value is -2.69. The summed E-state index contributed by atoms with van der Waals surface area (Å²) in [6.45, 7) is 3.96. The van der Waals surface area contributed by atoms with Gasteiger partial charge in [-0.05, 0) is 30.9 Å². The van der Waals surface area contributed by atoms with Crippen LogP contribution in [0.4, 0.5) is 5.95 Å². The molecule has 0 atom stereocenters. The van der Waals surface area contributed by atoms with Crippen molar-refractivity contribution in [2.45, 2.75) is 39.5 Å². The van der Waals surface area contributed by atoms with Crippen LogP contribution in [0.2, 0.25) is 0 Å². The minimum absolute atomic E-state index is 0.191. The topological polar surface area (TPSA) is 70.1 Å². The summed E-state index contributed by atoms with van der Waals surface area (Å²) in [4.78, 5) is 18.2. The SMILES string of the molecule is CCCCCC(C=NNc1nc(C)cc(=O)[nH]1)=Cc1ccccc1. The third-order valence-corrected chi connectivity index (χ3v) is 3.49. The minimum atomic E-state index is -0.191. The number of allylic oxidation sites excluding steroid dienone is 1. The van der Waals surface area contributed by atoms with E-state index in [0.717, 1.165) is 24.0 Å². The molecule has 0 radical (unpaired) electrons. The molecule has 0 saturated heterocycles. The fraction of sp³-hybridized carbons (Fsp3) is 0.316. The third-order valence-electron chi connectivity index (χ3n) is 3.49. The van der Waals surface area contributed by atoms with E-state index in [4.69, 9.17) is 0 Å². The van der Waals surface area contributed by atoms with Gasteiger partial charge in [-0.1, -0.05) is 56.2 Å². The Morgan fingerprint density at radius 2 is 2.08 bits per heavy atom. The molecule has 2 aromatic rings. The molecule has 0 spiro atoms. The van der Waals surface area contributed by atoms with E-state index >= 15 is 0 Å². The van der Waals surface area contributed by atoms with Crippen LogP contribution in [0.15, 0.2) is 51.9 Å². The maximum Gasteiger partial charge on any atom is 0.252 e. The molecule has 5 nitrogen and oxygen atoms in total. The summed E-state index contributed by atoms with van der Waals surface area (Å²) in [5, 5.41) is 4.22. The lowest BCUT2D eigenvalue weighted by Gasteiger charge is -2.03. The number of nitrogens with zero attached hydrogens (tertiary/aromatic N) is 2. The molecule has 1 aromatic carbocycles. The average molecular weight is 324 g/mol. The second-order valence-corrected chi connectivity index (χ2v) is 5.69. The summed E-state index contributed by atoms with van der Waals surface area (Å²) >= 11 is 0. The van der Waals surface area contributed by atoms with Gasteiger partial charge in [-0.15, -0.1) is 0 Å². The summed E-state index contributed by atoms with van der Waals surface area (Å²) in [5.41, 5.74) is 5.54. The van der Waals surface area contributed by atoms with Crippen molar-refractivity contribution >= 4 is 18.2 Å². The van der Waals surface area contributed by atoms with Crippen molar-refractivity contribution in [2.75, 3.05) is 5.43 Å². The standard InChI is InChI=1S/C19H24N4O/c1-3-4-6-11-17(13-16-9-7-5-8-10-16)14-20-23-19-21-15(2)12-18(24)22-19/h5,7-10,12-14H,3-4,6,11H2,1-2H3,(H2,21,22,23,24). The van der Waals surface area contributed by atoms with Crippen LogP contribution in [0.3, 0.4) is 0 Å². The number of nitrogens with one attached hydrogen (secondary N) is 2. The van der Waals surface area contributed by atoms with Crippen LogP contribution in [-0.2, 0) is 0 Å². The maximum absolute atomic E-state index is 11.4. The molecule has 0 aliphatic carbocycles. The van der Waals surface area contributed by atoms with E-state index in [9.17, 15) is 4.79 Å². The fourth-order valence-corrected chi connectivity index (χ4v) is 2.32. The first-order chi connectivity index (χ1) is 11.7. The van der Waals surface area contributed by atoms with Crippen molar-refractivity contribution in [3.63, 3.8) is 0 Å². The normalized spacial score (nSPS) is 11.8. The molecule has 0 fully saturated rings. The van der Waals surface area contributed by atoms with Gasteiger partial charge in [0.25, 0.3) is 5.56 Å². The Morgan fingerprint density at radius 1 is 1.29 bits per heavy atom. The summed E-state index contributed by atoms with van der Waals surface area (Å²) < 4.78 is 0. The highest BCUT2D eigenvalue weighted by atomic mass is 16.1. The van der Waals surface area contributed by atoms with E-state index in [1.807, 2.05) is 18.2 Å². The minimum Gasteiger partial charge on any atom is -0.291 e. The first-order valence-corrected chi connectivity index (χ1v) is 8.30. The lowest BCUT2D eigenvalue weighted by molar-refractivity contribution is 0.724. The second-order valence-electron chi connectivity index (χ2n) is 5.69. The second kappa shape index (κ2) is 9.45. The Bertz CT molecular complexity index is 747. The van der Waals surface area contributed by atoms with E-state index < -0.39 is 0 Å². The smallest absolute Gasteiger partial charge is 0.252 e. The van der Waals surface area contributed by atoms with Crippen LogP contribution in [0.1, 0.15) is 43.9 Å². The molecule has 1 heterocycles. The number of hydrazone groups is 1. The van der Waals surface area contributed by atoms with E-state index in [1.165, 1.54) is 18.9 Å². The number of aryl methyl sites for hydroxylation is 1. The lowest BCUT2D eigenvalue weighted by atomic mass is 10.1. The van der Waals surface area contributed by atoms with Gasteiger partial charge in [0.1, 0.15) is 0 Å². The highest BCUT2D eigenvalue weighted by Gasteiger charge is 1.98. The van der Waals surface area contributed by atoms with Crippen LogP contribution in [0.25, 0.3) is 6.08 Å². The van der Waals surface area contributed by atoms with Gasteiger partial charge in [-0.2, -0.15) is 5.10 Å². The molecule has 0 bridgehead atoms. The number of benzene rings is 1. The number of anilines is 1. The predicted molar refractivity (Wildman–Crippen MR) is 100 cm³/mol. The Labute approximate surface area is 142 Å². The molecule has 0 amide bonds. The molecular weight excluding hydrogens is 300 g/mol. The molecule has 24 heavy (non-hydrogen) atoms. The first kappa shape index (κ1) is 17.7. The van der Waals surface area contributed by atoms with Crippen LogP contribution < -0.4 is 11.0 Å². The lowest BCUT2D eigenvalue weighted by Crippen LogP contribution is -2.10. The predicted octanol–water partition coefficient (Wildman–Crippen LogP) is 4.14. The number of hydrogen-bond donors (Lipinski definition) is 2. The van der Waals surface area contributed by atoms with Gasteiger partial charge in [0.05, 0.1) is 6.21 Å². The highest BCUT2D eigenvalue weighted by Crippen LogP contribution is 2.12. The zero-order valence-corrected chi connectivity index (χ0v) is 14.2. The van der Waals surface area contributed by atoms with Gasteiger partial charge in [-0.3, -0.25) is 9.78 Å². The molecule has 0 aliphatic rings. The van der Waals surface area contributed by atoms with Crippen molar-refractivity contribution in [3.05, 3.63) is 63.6 Å². The first-order valence-electron chi connectivity index (χ1n) is 8.30. The molecule has 2 rings (SSSR count). The summed E-state index contributed by atoms with van der Waals surface area (Å²) in [5.74, 6) is 0.351. The maximum atomic E-state index is 11.4. The molecule has 1 aromatic heterocycles. The zero-order chi connectivity index (χ0) is 17.2. The number of unbranched alkanes of at least 4 members (excludes halogenated alkanes) is 2. The summed E-state index contributed by atoms with van der Waals surface area (Å²) in [7, 11) is 0. The van der Waals surface area contributed by atoms with E-state index in [-0.39, 0.29) is 5.56 Å². The monoisotopic (exact) mass is 324 g/mol. The number of hydrogen-bond acceptors (Lipinski definition) is 4. The largest absolute Gasteiger partial charge is 0.291 e.